The van der Waals surface area contributed by atoms with Gasteiger partial charge in [-0.1, -0.05) is 0 Å². The maximum atomic E-state index is 12.1. The number of aromatic carboxylic acids is 1. The molecule has 3 heterocycles. The van der Waals surface area contributed by atoms with Crippen LogP contribution >= 0.6 is 0 Å². The normalized spacial score (nSPS) is 10.5. The first kappa shape index (κ1) is 21.3. The van der Waals surface area contributed by atoms with E-state index >= 15 is 0 Å². The average Bonchev–Trinajstić information content (AvgIpc) is 3.40. The van der Waals surface area contributed by atoms with Crippen LogP contribution in [0.25, 0.3) is 0 Å². The Kier molecular flexibility index (Phi) is 6.14. The fourth-order valence-corrected chi connectivity index (χ4v) is 2.68. The quantitative estimate of drug-likeness (QED) is 0.352. The number of hydrogen-bond acceptors (Lipinski definition) is 6. The lowest BCUT2D eigenvalue weighted by Crippen LogP contribution is -2.17. The van der Waals surface area contributed by atoms with Crippen LogP contribution in [0.4, 0.5) is 17.3 Å². The Morgan fingerprint density at radius 2 is 1.74 bits per heavy atom. The molecule has 0 aliphatic heterocycles. The van der Waals surface area contributed by atoms with Crippen LogP contribution < -0.4 is 16.0 Å². The van der Waals surface area contributed by atoms with Gasteiger partial charge < -0.3 is 35.2 Å². The number of hydrogen-bond donors (Lipinski definition) is 5. The molecule has 3 aromatic rings. The van der Waals surface area contributed by atoms with E-state index in [9.17, 15) is 19.2 Å². The number of anilines is 3. The van der Waals surface area contributed by atoms with Gasteiger partial charge in [0.2, 0.25) is 17.6 Å². The van der Waals surface area contributed by atoms with E-state index in [0.29, 0.717) is 11.5 Å². The predicted molar refractivity (Wildman–Crippen MR) is 109 cm³/mol. The molecule has 3 rings (SSSR count). The standard InChI is InChI=1S/C18H20N8O5/c1-25-6-5-19-15(25)17(29)21-10-7-11(20-8-10)22-13(27)3-4-14(28)23-12-9-26(2)16(24-12)18(30)31/h5-9,20H,3-4H2,1-2H3,(H,21,29)(H,22,27)(H,23,28)(H,30,31). The van der Waals surface area contributed by atoms with Gasteiger partial charge in [0.25, 0.3) is 5.91 Å². The zero-order valence-electron chi connectivity index (χ0n) is 16.7. The highest BCUT2D eigenvalue weighted by Crippen LogP contribution is 2.15. The number of carbonyl (C=O) groups excluding carboxylic acids is 3. The Morgan fingerprint density at radius 1 is 1.03 bits per heavy atom. The fraction of sp³-hybridized carbons (Fsp3) is 0.222. The van der Waals surface area contributed by atoms with E-state index in [-0.39, 0.29) is 30.3 Å². The van der Waals surface area contributed by atoms with E-state index in [1.165, 1.54) is 36.3 Å². The van der Waals surface area contributed by atoms with Crippen molar-refractivity contribution in [3.63, 3.8) is 0 Å². The summed E-state index contributed by atoms with van der Waals surface area (Å²) in [7, 11) is 3.18. The number of aromatic amines is 1. The van der Waals surface area contributed by atoms with Crippen molar-refractivity contribution < 1.29 is 24.3 Å². The SMILES string of the molecule is Cn1cc(NC(=O)CCC(=O)Nc2cc(NC(=O)c3nccn3C)c[nH]2)nc1C(=O)O. The smallest absolute Gasteiger partial charge is 0.372 e. The van der Waals surface area contributed by atoms with Crippen molar-refractivity contribution in [1.29, 1.82) is 0 Å². The van der Waals surface area contributed by atoms with Gasteiger partial charge in [0.15, 0.2) is 11.6 Å². The molecule has 0 aromatic carbocycles. The summed E-state index contributed by atoms with van der Waals surface area (Å²) in [5.74, 6) is -2.08. The molecule has 3 aromatic heterocycles. The van der Waals surface area contributed by atoms with Crippen LogP contribution in [0.2, 0.25) is 0 Å². The van der Waals surface area contributed by atoms with Gasteiger partial charge in [-0.05, 0) is 0 Å². The number of imidazole rings is 2. The lowest BCUT2D eigenvalue weighted by molar-refractivity contribution is -0.121. The van der Waals surface area contributed by atoms with Gasteiger partial charge in [-0.2, -0.15) is 0 Å². The van der Waals surface area contributed by atoms with Crippen molar-refractivity contribution in [3.8, 4) is 0 Å². The second kappa shape index (κ2) is 8.94. The molecule has 162 valence electrons. The number of carbonyl (C=O) groups is 4. The monoisotopic (exact) mass is 428 g/mol. The summed E-state index contributed by atoms with van der Waals surface area (Å²) in [6.45, 7) is 0. The van der Waals surface area contributed by atoms with E-state index < -0.39 is 23.7 Å². The molecule has 5 N–H and O–H groups in total. The third-order valence-electron chi connectivity index (χ3n) is 4.15. The van der Waals surface area contributed by atoms with Crippen LogP contribution in [0.15, 0.2) is 30.9 Å². The number of nitrogens with one attached hydrogen (secondary N) is 4. The lowest BCUT2D eigenvalue weighted by atomic mass is 10.3. The van der Waals surface area contributed by atoms with Crippen molar-refractivity contribution in [2.45, 2.75) is 12.8 Å². The second-order valence-corrected chi connectivity index (χ2v) is 6.58. The average molecular weight is 428 g/mol. The van der Waals surface area contributed by atoms with Crippen LogP contribution in [0.3, 0.4) is 0 Å². The summed E-state index contributed by atoms with van der Waals surface area (Å²) in [5, 5.41) is 16.6. The molecule has 31 heavy (non-hydrogen) atoms. The minimum Gasteiger partial charge on any atom is -0.475 e. The molecule has 0 fully saturated rings. The highest BCUT2D eigenvalue weighted by atomic mass is 16.4. The first-order valence-electron chi connectivity index (χ1n) is 9.06. The third-order valence-corrected chi connectivity index (χ3v) is 4.15. The number of H-pyrrole nitrogens is 1. The van der Waals surface area contributed by atoms with E-state index in [2.05, 4.69) is 30.9 Å². The van der Waals surface area contributed by atoms with E-state index in [0.717, 1.165) is 0 Å². The molecule has 0 atom stereocenters. The molecule has 0 saturated carbocycles. The Balaban J connectivity index is 1.46. The van der Waals surface area contributed by atoms with Crippen LogP contribution in [0.1, 0.15) is 34.1 Å². The number of amides is 3. The molecule has 13 nitrogen and oxygen atoms in total. The van der Waals surface area contributed by atoms with Crippen LogP contribution in [-0.2, 0) is 23.7 Å². The van der Waals surface area contributed by atoms with Crippen molar-refractivity contribution >= 4 is 41.0 Å². The van der Waals surface area contributed by atoms with E-state index in [4.69, 9.17) is 5.11 Å². The zero-order chi connectivity index (χ0) is 22.5. The maximum absolute atomic E-state index is 12.1. The largest absolute Gasteiger partial charge is 0.475 e. The Morgan fingerprint density at radius 3 is 2.35 bits per heavy atom. The van der Waals surface area contributed by atoms with Crippen LogP contribution in [-0.4, -0.2) is 52.9 Å². The molecule has 0 aliphatic carbocycles. The molecule has 0 radical (unpaired) electrons. The van der Waals surface area contributed by atoms with Gasteiger partial charge in [0.05, 0.1) is 5.69 Å². The molecule has 0 unspecified atom stereocenters. The third kappa shape index (κ3) is 5.35. The molecule has 0 saturated heterocycles. The summed E-state index contributed by atoms with van der Waals surface area (Å²) < 4.78 is 2.84. The number of carboxylic acids is 1. The lowest BCUT2D eigenvalue weighted by Gasteiger charge is -2.04. The minimum atomic E-state index is -1.22. The van der Waals surface area contributed by atoms with Crippen LogP contribution in [0, 0.1) is 0 Å². The first-order valence-corrected chi connectivity index (χ1v) is 9.06. The topological polar surface area (TPSA) is 176 Å². The maximum Gasteiger partial charge on any atom is 0.372 e. The van der Waals surface area contributed by atoms with E-state index in [1.54, 1.807) is 17.8 Å². The molecule has 0 spiro atoms. The fourth-order valence-electron chi connectivity index (χ4n) is 2.68. The zero-order valence-corrected chi connectivity index (χ0v) is 16.7. The highest BCUT2D eigenvalue weighted by Gasteiger charge is 2.15. The molecule has 13 heteroatoms. The predicted octanol–water partition coefficient (Wildman–Crippen LogP) is 0.790. The minimum absolute atomic E-state index is 0.0859. The molecular formula is C18H20N8O5. The van der Waals surface area contributed by atoms with Gasteiger partial charge in [-0.25, -0.2) is 14.8 Å². The van der Waals surface area contributed by atoms with Crippen LogP contribution in [0.5, 0.6) is 0 Å². The van der Waals surface area contributed by atoms with Crippen molar-refractivity contribution in [1.82, 2.24) is 24.1 Å². The van der Waals surface area contributed by atoms with Gasteiger partial charge >= 0.3 is 5.97 Å². The number of nitrogens with zero attached hydrogens (tertiary/aromatic N) is 4. The number of aromatic nitrogens is 5. The van der Waals surface area contributed by atoms with Gasteiger partial charge in [0.1, 0.15) is 5.82 Å². The Labute approximate surface area is 175 Å². The van der Waals surface area contributed by atoms with Crippen molar-refractivity contribution in [2.75, 3.05) is 16.0 Å². The Hall–Kier alpha value is -4.42. The van der Waals surface area contributed by atoms with Crippen molar-refractivity contribution in [3.05, 3.63) is 42.5 Å². The molecule has 0 bridgehead atoms. The van der Waals surface area contributed by atoms with Gasteiger partial charge in [-0.3, -0.25) is 14.4 Å². The summed E-state index contributed by atoms with van der Waals surface area (Å²) in [5.41, 5.74) is 0.436. The second-order valence-electron chi connectivity index (χ2n) is 6.58. The van der Waals surface area contributed by atoms with Crippen molar-refractivity contribution in [2.24, 2.45) is 14.1 Å². The summed E-state index contributed by atoms with van der Waals surface area (Å²) in [6.07, 6.45) is 5.78. The van der Waals surface area contributed by atoms with Gasteiger partial charge in [0, 0.05) is 57.8 Å². The molecule has 3 amide bonds. The number of carboxylic acid groups (broad SMARTS) is 1. The number of aryl methyl sites for hydroxylation is 2. The first-order chi connectivity index (χ1) is 14.7. The Bertz CT molecular complexity index is 1140. The summed E-state index contributed by atoms with van der Waals surface area (Å²) >= 11 is 0. The summed E-state index contributed by atoms with van der Waals surface area (Å²) in [6, 6.07) is 1.53. The van der Waals surface area contributed by atoms with Gasteiger partial charge in [-0.15, -0.1) is 0 Å². The highest BCUT2D eigenvalue weighted by molar-refractivity contribution is 6.02. The molecule has 0 aliphatic rings. The van der Waals surface area contributed by atoms with E-state index in [1.807, 2.05) is 0 Å². The number of rotatable bonds is 8. The summed E-state index contributed by atoms with van der Waals surface area (Å²) in [4.78, 5) is 57.7. The molecular weight excluding hydrogens is 408 g/mol.